The van der Waals surface area contributed by atoms with Gasteiger partial charge in [-0.15, -0.1) is 6.58 Å². The molecule has 0 saturated heterocycles. The smallest absolute Gasteiger partial charge is 0.0645 e. The van der Waals surface area contributed by atoms with Crippen molar-refractivity contribution >= 4 is 0 Å². The normalized spacial score (nSPS) is 12.4. The molecule has 0 radical (unpaired) electrons. The third-order valence-corrected chi connectivity index (χ3v) is 2.05. The molecule has 1 rings (SSSR count). The lowest BCUT2D eigenvalue weighted by Gasteiger charge is -2.13. The summed E-state index contributed by atoms with van der Waals surface area (Å²) < 4.78 is 5.31. The van der Waals surface area contributed by atoms with Crippen LogP contribution in [0, 0.1) is 0 Å². The van der Waals surface area contributed by atoms with E-state index in [-0.39, 0.29) is 12.5 Å². The Morgan fingerprint density at radius 3 is 2.64 bits per heavy atom. The molecular weight excluding hydrogens is 176 g/mol. The second-order valence-electron chi connectivity index (χ2n) is 3.12. The molecule has 2 heteroatoms. The van der Waals surface area contributed by atoms with Gasteiger partial charge in [0.2, 0.25) is 0 Å². The van der Waals surface area contributed by atoms with Gasteiger partial charge in [-0.05, 0) is 5.56 Å². The largest absolute Gasteiger partial charge is 0.396 e. The monoisotopic (exact) mass is 192 g/mol. The number of aliphatic hydroxyl groups is 1. The van der Waals surface area contributed by atoms with E-state index in [2.05, 4.69) is 6.58 Å². The first-order chi connectivity index (χ1) is 6.88. The van der Waals surface area contributed by atoms with Crippen LogP contribution in [0.3, 0.4) is 0 Å². The number of aliphatic hydroxyl groups excluding tert-OH is 1. The van der Waals surface area contributed by atoms with Gasteiger partial charge in [0.15, 0.2) is 0 Å². The van der Waals surface area contributed by atoms with Crippen LogP contribution < -0.4 is 0 Å². The molecule has 0 aliphatic heterocycles. The predicted octanol–water partition coefficient (Wildman–Crippen LogP) is 1.97. The Hall–Kier alpha value is -1.12. The van der Waals surface area contributed by atoms with Crippen molar-refractivity contribution in [2.75, 3.05) is 19.8 Å². The molecule has 1 atom stereocenters. The summed E-state index contributed by atoms with van der Waals surface area (Å²) in [5, 5.41) is 9.17. The Balaban J connectivity index is 2.50. The van der Waals surface area contributed by atoms with Gasteiger partial charge in [-0.2, -0.15) is 0 Å². The lowest BCUT2D eigenvalue weighted by molar-refractivity contribution is 0.120. The first-order valence-corrected chi connectivity index (χ1v) is 4.73. The van der Waals surface area contributed by atoms with Crippen molar-refractivity contribution in [2.45, 2.75) is 5.92 Å². The first-order valence-electron chi connectivity index (χ1n) is 4.73. The van der Waals surface area contributed by atoms with Crippen LogP contribution in [0.15, 0.2) is 43.0 Å². The zero-order valence-corrected chi connectivity index (χ0v) is 8.23. The van der Waals surface area contributed by atoms with Crippen molar-refractivity contribution in [3.05, 3.63) is 48.6 Å². The maximum absolute atomic E-state index is 9.17. The fourth-order valence-corrected chi connectivity index (χ4v) is 1.27. The summed E-state index contributed by atoms with van der Waals surface area (Å²) >= 11 is 0. The Kier molecular flexibility index (Phi) is 4.97. The molecule has 0 bridgehead atoms. The van der Waals surface area contributed by atoms with E-state index in [1.54, 1.807) is 6.08 Å². The van der Waals surface area contributed by atoms with Crippen LogP contribution in [0.2, 0.25) is 0 Å². The van der Waals surface area contributed by atoms with Gasteiger partial charge in [-0.3, -0.25) is 0 Å². The van der Waals surface area contributed by atoms with Gasteiger partial charge in [-0.25, -0.2) is 0 Å². The summed E-state index contributed by atoms with van der Waals surface area (Å²) in [6.45, 7) is 4.75. The van der Waals surface area contributed by atoms with Gasteiger partial charge >= 0.3 is 0 Å². The summed E-state index contributed by atoms with van der Waals surface area (Å²) in [7, 11) is 0. The molecule has 0 fully saturated rings. The molecule has 14 heavy (non-hydrogen) atoms. The topological polar surface area (TPSA) is 29.5 Å². The van der Waals surface area contributed by atoms with E-state index in [4.69, 9.17) is 4.74 Å². The average molecular weight is 192 g/mol. The molecule has 0 spiro atoms. The van der Waals surface area contributed by atoms with E-state index in [9.17, 15) is 5.11 Å². The van der Waals surface area contributed by atoms with E-state index >= 15 is 0 Å². The molecular formula is C12H16O2. The van der Waals surface area contributed by atoms with Crippen molar-refractivity contribution in [2.24, 2.45) is 0 Å². The van der Waals surface area contributed by atoms with Crippen LogP contribution in [0.1, 0.15) is 11.5 Å². The molecule has 1 N–H and O–H groups in total. The zero-order chi connectivity index (χ0) is 10.2. The molecule has 0 aliphatic carbocycles. The van der Waals surface area contributed by atoms with Crippen molar-refractivity contribution in [3.63, 3.8) is 0 Å². The van der Waals surface area contributed by atoms with E-state index < -0.39 is 0 Å². The molecule has 0 aliphatic rings. The highest BCUT2D eigenvalue weighted by Gasteiger charge is 2.09. The minimum Gasteiger partial charge on any atom is -0.396 e. The van der Waals surface area contributed by atoms with E-state index in [0.29, 0.717) is 13.2 Å². The Labute approximate surface area is 84.8 Å². The van der Waals surface area contributed by atoms with Gasteiger partial charge in [0.25, 0.3) is 0 Å². The van der Waals surface area contributed by atoms with Gasteiger partial charge < -0.3 is 9.84 Å². The summed E-state index contributed by atoms with van der Waals surface area (Å²) in [5.74, 6) is 0.0659. The van der Waals surface area contributed by atoms with Crippen LogP contribution in [0.4, 0.5) is 0 Å². The van der Waals surface area contributed by atoms with Gasteiger partial charge in [0.05, 0.1) is 19.8 Å². The van der Waals surface area contributed by atoms with E-state index in [1.807, 2.05) is 30.3 Å². The molecule has 1 aromatic carbocycles. The molecule has 76 valence electrons. The molecule has 1 aromatic rings. The van der Waals surface area contributed by atoms with Crippen molar-refractivity contribution in [3.8, 4) is 0 Å². The highest BCUT2D eigenvalue weighted by atomic mass is 16.5. The second-order valence-corrected chi connectivity index (χ2v) is 3.12. The Bertz CT molecular complexity index is 256. The van der Waals surface area contributed by atoms with Crippen LogP contribution >= 0.6 is 0 Å². The van der Waals surface area contributed by atoms with Crippen LogP contribution in [0.5, 0.6) is 0 Å². The SMILES string of the molecule is C=CCOCC(CO)c1ccccc1. The molecule has 0 saturated carbocycles. The fourth-order valence-electron chi connectivity index (χ4n) is 1.27. The number of hydrogen-bond donors (Lipinski definition) is 1. The van der Waals surface area contributed by atoms with Gasteiger partial charge in [0, 0.05) is 5.92 Å². The van der Waals surface area contributed by atoms with Crippen molar-refractivity contribution < 1.29 is 9.84 Å². The number of ether oxygens (including phenoxy) is 1. The number of benzene rings is 1. The van der Waals surface area contributed by atoms with Crippen LogP contribution in [0.25, 0.3) is 0 Å². The van der Waals surface area contributed by atoms with Crippen molar-refractivity contribution in [1.82, 2.24) is 0 Å². The highest BCUT2D eigenvalue weighted by Crippen LogP contribution is 2.14. The average Bonchev–Trinajstić information content (AvgIpc) is 2.26. The second kappa shape index (κ2) is 6.35. The lowest BCUT2D eigenvalue weighted by Crippen LogP contribution is -2.12. The minimum atomic E-state index is 0.0659. The molecule has 1 unspecified atom stereocenters. The molecule has 0 heterocycles. The van der Waals surface area contributed by atoms with Crippen molar-refractivity contribution in [1.29, 1.82) is 0 Å². The summed E-state index contributed by atoms with van der Waals surface area (Å²) in [4.78, 5) is 0. The summed E-state index contributed by atoms with van der Waals surface area (Å²) in [6, 6.07) is 9.88. The predicted molar refractivity (Wildman–Crippen MR) is 57.3 cm³/mol. The lowest BCUT2D eigenvalue weighted by atomic mass is 10.0. The third kappa shape index (κ3) is 3.32. The van der Waals surface area contributed by atoms with Gasteiger partial charge in [0.1, 0.15) is 0 Å². The minimum absolute atomic E-state index is 0.0659. The maximum Gasteiger partial charge on any atom is 0.0645 e. The number of hydrogen-bond acceptors (Lipinski definition) is 2. The van der Waals surface area contributed by atoms with Crippen LogP contribution in [-0.4, -0.2) is 24.9 Å². The first kappa shape index (κ1) is 11.0. The molecule has 2 nitrogen and oxygen atoms in total. The molecule has 0 aromatic heterocycles. The molecule has 0 amide bonds. The highest BCUT2D eigenvalue weighted by molar-refractivity contribution is 5.19. The Morgan fingerprint density at radius 1 is 1.36 bits per heavy atom. The zero-order valence-electron chi connectivity index (χ0n) is 8.23. The number of rotatable bonds is 6. The third-order valence-electron chi connectivity index (χ3n) is 2.05. The van der Waals surface area contributed by atoms with E-state index in [0.717, 1.165) is 5.56 Å². The fraction of sp³-hybridized carbons (Fsp3) is 0.333. The Morgan fingerprint density at radius 2 is 2.07 bits per heavy atom. The van der Waals surface area contributed by atoms with E-state index in [1.165, 1.54) is 0 Å². The standard InChI is InChI=1S/C12H16O2/c1-2-8-14-10-12(9-13)11-6-4-3-5-7-11/h2-7,12-13H,1,8-10H2. The summed E-state index contributed by atoms with van der Waals surface area (Å²) in [5.41, 5.74) is 1.11. The van der Waals surface area contributed by atoms with Crippen LogP contribution in [-0.2, 0) is 4.74 Å². The maximum atomic E-state index is 9.17. The quantitative estimate of drug-likeness (QED) is 0.551. The summed E-state index contributed by atoms with van der Waals surface area (Å²) in [6.07, 6.45) is 1.71. The van der Waals surface area contributed by atoms with Gasteiger partial charge in [-0.1, -0.05) is 36.4 Å².